The minimum Gasteiger partial charge on any atom is -0.484 e. The molecule has 0 radical (unpaired) electrons. The van der Waals surface area contributed by atoms with E-state index in [0.29, 0.717) is 28.6 Å². The van der Waals surface area contributed by atoms with Gasteiger partial charge in [-0.1, -0.05) is 29.8 Å². The van der Waals surface area contributed by atoms with Crippen molar-refractivity contribution in [2.45, 2.75) is 13.1 Å². The number of nitrogens with one attached hydrogen (secondary N) is 1. The molecule has 0 spiro atoms. The average molecular weight is 460 g/mol. The summed E-state index contributed by atoms with van der Waals surface area (Å²) in [4.78, 5) is 15.9. The lowest BCUT2D eigenvalue weighted by molar-refractivity contribution is -0.123. The van der Waals surface area contributed by atoms with Crippen LogP contribution in [0.5, 0.6) is 5.75 Å². The van der Waals surface area contributed by atoms with Crippen molar-refractivity contribution in [3.63, 3.8) is 0 Å². The zero-order valence-electron chi connectivity index (χ0n) is 16.9. The lowest BCUT2D eigenvalue weighted by Crippen LogP contribution is -2.29. The maximum absolute atomic E-state index is 12.3. The zero-order valence-corrected chi connectivity index (χ0v) is 18.4. The Bertz CT molecular complexity index is 1120. The largest absolute Gasteiger partial charge is 0.484 e. The summed E-state index contributed by atoms with van der Waals surface area (Å²) in [6.07, 6.45) is 4.46. The molecule has 0 saturated carbocycles. The number of benzene rings is 2. The number of nitrogens with zero attached hydrogens (tertiary/aromatic N) is 2. The molecule has 0 saturated heterocycles. The normalized spacial score (nSPS) is 11.0. The molecule has 7 nitrogen and oxygen atoms in total. The van der Waals surface area contributed by atoms with Crippen LogP contribution < -0.4 is 14.4 Å². The highest BCUT2D eigenvalue weighted by molar-refractivity contribution is 7.92. The Balaban J connectivity index is 1.60. The number of anilines is 1. The molecular weight excluding hydrogens is 438 g/mol. The molecule has 0 aliphatic rings. The van der Waals surface area contributed by atoms with Crippen molar-refractivity contribution >= 4 is 33.2 Å². The Kier molecular flexibility index (Phi) is 7.49. The van der Waals surface area contributed by atoms with E-state index in [1.54, 1.807) is 60.9 Å². The SMILES string of the molecule is CS(=O)(=O)N(Cc1ccccc1Cl)c1ccc(OCC(=O)NCc2ccncc2)cc1. The minimum atomic E-state index is -3.54. The van der Waals surface area contributed by atoms with Crippen LogP contribution in [-0.4, -0.2) is 32.2 Å². The molecule has 0 fully saturated rings. The maximum Gasteiger partial charge on any atom is 0.258 e. The second-order valence-corrected chi connectivity index (χ2v) is 9.09. The molecule has 162 valence electrons. The predicted octanol–water partition coefficient (Wildman–Crippen LogP) is 3.40. The van der Waals surface area contributed by atoms with Crippen molar-refractivity contribution in [3.05, 3.63) is 89.2 Å². The van der Waals surface area contributed by atoms with Crippen molar-refractivity contribution in [2.75, 3.05) is 17.2 Å². The summed E-state index contributed by atoms with van der Waals surface area (Å²) in [6, 6.07) is 17.2. The molecule has 9 heteroatoms. The van der Waals surface area contributed by atoms with E-state index in [1.165, 1.54) is 4.31 Å². The highest BCUT2D eigenvalue weighted by Crippen LogP contribution is 2.26. The number of amides is 1. The highest BCUT2D eigenvalue weighted by Gasteiger charge is 2.19. The molecule has 3 aromatic rings. The van der Waals surface area contributed by atoms with E-state index in [0.717, 1.165) is 11.8 Å². The van der Waals surface area contributed by atoms with Crippen LogP contribution in [-0.2, 0) is 27.9 Å². The molecule has 3 rings (SSSR count). The zero-order chi connectivity index (χ0) is 22.3. The molecule has 0 aliphatic heterocycles. The van der Waals surface area contributed by atoms with Gasteiger partial charge < -0.3 is 10.1 Å². The van der Waals surface area contributed by atoms with Crippen molar-refractivity contribution in [3.8, 4) is 5.75 Å². The number of pyridine rings is 1. The standard InChI is InChI=1S/C22H22ClN3O4S/c1-31(28,29)26(15-18-4-2-3-5-21(18)23)19-6-8-20(9-7-19)30-16-22(27)25-14-17-10-12-24-13-11-17/h2-13H,14-16H2,1H3,(H,25,27). The molecule has 1 amide bonds. The van der Waals surface area contributed by atoms with Gasteiger partial charge in [0.05, 0.1) is 18.5 Å². The third-order valence-corrected chi connectivity index (χ3v) is 5.92. The molecule has 1 aromatic heterocycles. The molecule has 31 heavy (non-hydrogen) atoms. The van der Waals surface area contributed by atoms with Crippen molar-refractivity contribution < 1.29 is 17.9 Å². The molecule has 1 N–H and O–H groups in total. The van der Waals surface area contributed by atoms with Crippen LogP contribution in [0.4, 0.5) is 5.69 Å². The van der Waals surface area contributed by atoms with E-state index in [9.17, 15) is 13.2 Å². The van der Waals surface area contributed by atoms with Gasteiger partial charge in [-0.25, -0.2) is 8.42 Å². The number of halogens is 1. The lowest BCUT2D eigenvalue weighted by atomic mass is 10.2. The van der Waals surface area contributed by atoms with E-state index < -0.39 is 10.0 Å². The Labute approximate surface area is 186 Å². The fourth-order valence-corrected chi connectivity index (χ4v) is 3.86. The van der Waals surface area contributed by atoms with Gasteiger partial charge in [-0.2, -0.15) is 0 Å². The summed E-state index contributed by atoms with van der Waals surface area (Å²) in [5.74, 6) is 0.186. The quantitative estimate of drug-likeness (QED) is 0.529. The van der Waals surface area contributed by atoms with Gasteiger partial charge in [0.25, 0.3) is 5.91 Å². The van der Waals surface area contributed by atoms with E-state index >= 15 is 0 Å². The first-order valence-corrected chi connectivity index (χ1v) is 11.6. The number of ether oxygens (including phenoxy) is 1. The lowest BCUT2D eigenvalue weighted by Gasteiger charge is -2.23. The molecule has 2 aromatic carbocycles. The summed E-state index contributed by atoms with van der Waals surface area (Å²) in [7, 11) is -3.54. The number of rotatable bonds is 9. The molecule has 0 unspecified atom stereocenters. The van der Waals surface area contributed by atoms with Gasteiger partial charge in [-0.3, -0.25) is 14.1 Å². The third kappa shape index (κ3) is 6.70. The summed E-state index contributed by atoms with van der Waals surface area (Å²) < 4.78 is 31.4. The fraction of sp³-hybridized carbons (Fsp3) is 0.182. The topological polar surface area (TPSA) is 88.6 Å². The summed E-state index contributed by atoms with van der Waals surface area (Å²) in [5.41, 5.74) is 2.10. The first-order valence-electron chi connectivity index (χ1n) is 9.42. The maximum atomic E-state index is 12.3. The van der Waals surface area contributed by atoms with Crippen molar-refractivity contribution in [2.24, 2.45) is 0 Å². The summed E-state index contributed by atoms with van der Waals surface area (Å²) >= 11 is 6.18. The fourth-order valence-electron chi connectivity index (χ4n) is 2.79. The number of carbonyl (C=O) groups excluding carboxylic acids is 1. The van der Waals surface area contributed by atoms with Crippen LogP contribution in [0.1, 0.15) is 11.1 Å². The molecule has 0 atom stereocenters. The Morgan fingerprint density at radius 3 is 2.39 bits per heavy atom. The molecular formula is C22H22ClN3O4S. The van der Waals surface area contributed by atoms with E-state index in [2.05, 4.69) is 10.3 Å². The van der Waals surface area contributed by atoms with Crippen LogP contribution >= 0.6 is 11.6 Å². The van der Waals surface area contributed by atoms with Gasteiger partial charge in [-0.15, -0.1) is 0 Å². The van der Waals surface area contributed by atoms with Crippen LogP contribution in [0, 0.1) is 0 Å². The number of aromatic nitrogens is 1. The number of sulfonamides is 1. The molecule has 1 heterocycles. The van der Waals surface area contributed by atoms with Gasteiger partial charge in [0, 0.05) is 24.0 Å². The molecule has 0 bridgehead atoms. The van der Waals surface area contributed by atoms with Crippen molar-refractivity contribution in [1.29, 1.82) is 0 Å². The smallest absolute Gasteiger partial charge is 0.258 e. The minimum absolute atomic E-state index is 0.107. The van der Waals surface area contributed by atoms with Crippen molar-refractivity contribution in [1.82, 2.24) is 10.3 Å². The van der Waals surface area contributed by atoms with Gasteiger partial charge in [0.2, 0.25) is 10.0 Å². The van der Waals surface area contributed by atoms with E-state index in [4.69, 9.17) is 16.3 Å². The van der Waals surface area contributed by atoms with Gasteiger partial charge in [0.1, 0.15) is 5.75 Å². The van der Waals surface area contributed by atoms with Crippen LogP contribution in [0.2, 0.25) is 5.02 Å². The number of carbonyl (C=O) groups is 1. The summed E-state index contributed by atoms with van der Waals surface area (Å²) in [5, 5.41) is 3.25. The number of hydrogen-bond acceptors (Lipinski definition) is 5. The third-order valence-electron chi connectivity index (χ3n) is 4.41. The predicted molar refractivity (Wildman–Crippen MR) is 120 cm³/mol. The second kappa shape index (κ2) is 10.3. The van der Waals surface area contributed by atoms with Gasteiger partial charge in [0.15, 0.2) is 6.61 Å². The molecule has 0 aliphatic carbocycles. The number of hydrogen-bond donors (Lipinski definition) is 1. The first kappa shape index (κ1) is 22.6. The van der Waals surface area contributed by atoms with E-state index in [1.807, 2.05) is 12.1 Å². The Morgan fingerprint density at radius 2 is 1.74 bits per heavy atom. The van der Waals surface area contributed by atoms with Crippen LogP contribution in [0.3, 0.4) is 0 Å². The highest BCUT2D eigenvalue weighted by atomic mass is 35.5. The second-order valence-electron chi connectivity index (χ2n) is 6.78. The Hall–Kier alpha value is -3.10. The van der Waals surface area contributed by atoms with E-state index in [-0.39, 0.29) is 19.1 Å². The van der Waals surface area contributed by atoms with Crippen LogP contribution in [0.15, 0.2) is 73.1 Å². The van der Waals surface area contributed by atoms with Gasteiger partial charge >= 0.3 is 0 Å². The monoisotopic (exact) mass is 459 g/mol. The average Bonchev–Trinajstić information content (AvgIpc) is 2.76. The first-order chi connectivity index (χ1) is 14.8. The van der Waals surface area contributed by atoms with Gasteiger partial charge in [-0.05, 0) is 53.6 Å². The Morgan fingerprint density at radius 1 is 1.06 bits per heavy atom. The summed E-state index contributed by atoms with van der Waals surface area (Å²) in [6.45, 7) is 0.338. The van der Waals surface area contributed by atoms with Crippen LogP contribution in [0.25, 0.3) is 0 Å².